The molecule has 0 spiro atoms. The Morgan fingerprint density at radius 1 is 1.50 bits per heavy atom. The Kier molecular flexibility index (Phi) is 4.73. The number of carboxylic acids is 1. The van der Waals surface area contributed by atoms with Crippen LogP contribution in [-0.2, 0) is 4.79 Å². The average Bonchev–Trinajstić information content (AvgIpc) is 1.83. The molecule has 0 saturated carbocycles. The van der Waals surface area contributed by atoms with E-state index in [-0.39, 0.29) is 6.54 Å². The molecular formula is C7H13F2NO2. The molecule has 0 radical (unpaired) electrons. The van der Waals surface area contributed by atoms with Crippen molar-refractivity contribution < 1.29 is 18.7 Å². The Morgan fingerprint density at radius 3 is 2.25 bits per heavy atom. The van der Waals surface area contributed by atoms with Gasteiger partial charge in [0.05, 0.1) is 6.42 Å². The van der Waals surface area contributed by atoms with E-state index in [1.807, 2.05) is 0 Å². The van der Waals surface area contributed by atoms with Gasteiger partial charge in [0.2, 0.25) is 6.43 Å². The van der Waals surface area contributed by atoms with E-state index >= 15 is 0 Å². The first kappa shape index (κ1) is 11.3. The lowest BCUT2D eigenvalue weighted by molar-refractivity contribution is -0.139. The highest BCUT2D eigenvalue weighted by Gasteiger charge is 2.23. The van der Waals surface area contributed by atoms with Crippen LogP contribution in [-0.4, -0.2) is 43.0 Å². The number of halogens is 2. The molecule has 3 nitrogen and oxygen atoms in total. The lowest BCUT2D eigenvalue weighted by atomic mass is 10.1. The van der Waals surface area contributed by atoms with Crippen molar-refractivity contribution in [1.29, 1.82) is 0 Å². The van der Waals surface area contributed by atoms with Crippen LogP contribution in [0.1, 0.15) is 6.42 Å². The molecule has 0 aromatic heterocycles. The first-order valence-corrected chi connectivity index (χ1v) is 3.58. The van der Waals surface area contributed by atoms with Crippen LogP contribution in [0, 0.1) is 5.92 Å². The zero-order valence-corrected chi connectivity index (χ0v) is 7.13. The summed E-state index contributed by atoms with van der Waals surface area (Å²) in [6.07, 6.45) is -3.04. The van der Waals surface area contributed by atoms with Gasteiger partial charge in [0.1, 0.15) is 0 Å². The summed E-state index contributed by atoms with van der Waals surface area (Å²) >= 11 is 0. The number of hydrogen-bond acceptors (Lipinski definition) is 2. The van der Waals surface area contributed by atoms with Gasteiger partial charge in [0.25, 0.3) is 0 Å². The second-order valence-electron chi connectivity index (χ2n) is 2.95. The summed E-state index contributed by atoms with van der Waals surface area (Å²) < 4.78 is 24.3. The zero-order chi connectivity index (χ0) is 9.72. The van der Waals surface area contributed by atoms with Crippen molar-refractivity contribution in [2.45, 2.75) is 12.8 Å². The molecule has 12 heavy (non-hydrogen) atoms. The molecule has 0 aromatic carbocycles. The maximum atomic E-state index is 12.1. The van der Waals surface area contributed by atoms with Gasteiger partial charge in [-0.25, -0.2) is 8.78 Å². The third-order valence-corrected chi connectivity index (χ3v) is 1.39. The number of alkyl halides is 2. The number of aliphatic carboxylic acids is 1. The summed E-state index contributed by atoms with van der Waals surface area (Å²) in [5.74, 6) is -2.25. The van der Waals surface area contributed by atoms with Gasteiger partial charge in [-0.05, 0) is 14.1 Å². The Hall–Kier alpha value is -0.710. The lowest BCUT2D eigenvalue weighted by Crippen LogP contribution is -2.28. The molecule has 0 bridgehead atoms. The monoisotopic (exact) mass is 181 g/mol. The molecule has 5 heteroatoms. The van der Waals surface area contributed by atoms with E-state index in [2.05, 4.69) is 0 Å². The summed E-state index contributed by atoms with van der Waals surface area (Å²) in [5.41, 5.74) is 0. The largest absolute Gasteiger partial charge is 0.481 e. The number of carbonyl (C=O) groups is 1. The fourth-order valence-corrected chi connectivity index (χ4v) is 0.927. The summed E-state index contributed by atoms with van der Waals surface area (Å²) in [6.45, 7) is 0.101. The van der Waals surface area contributed by atoms with Crippen LogP contribution in [0.3, 0.4) is 0 Å². The fraction of sp³-hybridized carbons (Fsp3) is 0.857. The molecule has 72 valence electrons. The summed E-state index contributed by atoms with van der Waals surface area (Å²) in [7, 11) is 3.27. The molecule has 0 fully saturated rings. The Labute approximate surface area is 70.0 Å². The van der Waals surface area contributed by atoms with Crippen molar-refractivity contribution in [1.82, 2.24) is 4.90 Å². The molecule has 0 aliphatic carbocycles. The van der Waals surface area contributed by atoms with Crippen molar-refractivity contribution >= 4 is 5.97 Å². The highest BCUT2D eigenvalue weighted by atomic mass is 19.3. The highest BCUT2D eigenvalue weighted by Crippen LogP contribution is 2.14. The number of hydrogen-bond donors (Lipinski definition) is 1. The van der Waals surface area contributed by atoms with Crippen LogP contribution in [0.4, 0.5) is 8.78 Å². The number of carboxylic acid groups (broad SMARTS) is 1. The Bertz CT molecular complexity index is 150. The van der Waals surface area contributed by atoms with Gasteiger partial charge < -0.3 is 10.0 Å². The van der Waals surface area contributed by atoms with E-state index in [1.54, 1.807) is 19.0 Å². The quantitative estimate of drug-likeness (QED) is 0.685. The van der Waals surface area contributed by atoms with Crippen molar-refractivity contribution in [3.63, 3.8) is 0 Å². The van der Waals surface area contributed by atoms with Crippen LogP contribution >= 0.6 is 0 Å². The van der Waals surface area contributed by atoms with Crippen LogP contribution in [0.25, 0.3) is 0 Å². The molecule has 1 N–H and O–H groups in total. The first-order valence-electron chi connectivity index (χ1n) is 3.58. The van der Waals surface area contributed by atoms with Crippen LogP contribution in [0.2, 0.25) is 0 Å². The van der Waals surface area contributed by atoms with E-state index < -0.39 is 24.7 Å². The van der Waals surface area contributed by atoms with Gasteiger partial charge in [0, 0.05) is 12.5 Å². The van der Waals surface area contributed by atoms with Crippen molar-refractivity contribution in [3.8, 4) is 0 Å². The van der Waals surface area contributed by atoms with Gasteiger partial charge in [-0.15, -0.1) is 0 Å². The van der Waals surface area contributed by atoms with Gasteiger partial charge in [-0.1, -0.05) is 0 Å². The minimum Gasteiger partial charge on any atom is -0.481 e. The van der Waals surface area contributed by atoms with E-state index in [0.717, 1.165) is 0 Å². The molecular weight excluding hydrogens is 168 g/mol. The van der Waals surface area contributed by atoms with E-state index in [1.165, 1.54) is 0 Å². The topological polar surface area (TPSA) is 40.5 Å². The molecule has 0 saturated heterocycles. The summed E-state index contributed by atoms with van der Waals surface area (Å²) in [4.78, 5) is 11.7. The van der Waals surface area contributed by atoms with Crippen molar-refractivity contribution in [2.75, 3.05) is 20.6 Å². The predicted octanol–water partition coefficient (Wildman–Crippen LogP) is 0.904. The van der Waals surface area contributed by atoms with Gasteiger partial charge in [-0.2, -0.15) is 0 Å². The number of rotatable bonds is 5. The molecule has 0 amide bonds. The molecule has 0 heterocycles. The van der Waals surface area contributed by atoms with Gasteiger partial charge in [0.15, 0.2) is 0 Å². The third-order valence-electron chi connectivity index (χ3n) is 1.39. The molecule has 1 unspecified atom stereocenters. The van der Waals surface area contributed by atoms with E-state index in [4.69, 9.17) is 5.11 Å². The summed E-state index contributed by atoms with van der Waals surface area (Å²) in [5, 5.41) is 8.29. The minimum absolute atomic E-state index is 0.101. The molecule has 0 aromatic rings. The second-order valence-corrected chi connectivity index (χ2v) is 2.95. The van der Waals surface area contributed by atoms with Crippen molar-refractivity contribution in [3.05, 3.63) is 0 Å². The highest BCUT2D eigenvalue weighted by molar-refractivity contribution is 5.67. The molecule has 0 aliphatic heterocycles. The van der Waals surface area contributed by atoms with Crippen LogP contribution in [0.5, 0.6) is 0 Å². The van der Waals surface area contributed by atoms with Crippen molar-refractivity contribution in [2.24, 2.45) is 5.92 Å². The second kappa shape index (κ2) is 5.03. The zero-order valence-electron chi connectivity index (χ0n) is 7.13. The maximum Gasteiger partial charge on any atom is 0.303 e. The molecule has 0 aliphatic rings. The SMILES string of the molecule is CN(C)CC(CC(=O)O)C(F)F. The average molecular weight is 181 g/mol. The van der Waals surface area contributed by atoms with E-state index in [0.29, 0.717) is 0 Å². The fourth-order valence-electron chi connectivity index (χ4n) is 0.927. The first-order chi connectivity index (χ1) is 5.43. The smallest absolute Gasteiger partial charge is 0.303 e. The minimum atomic E-state index is -2.57. The standard InChI is InChI=1S/C7H13F2NO2/c1-10(2)4-5(7(8)9)3-6(11)12/h5,7H,3-4H2,1-2H3,(H,11,12). The molecule has 1 atom stereocenters. The summed E-state index contributed by atoms with van der Waals surface area (Å²) in [6, 6.07) is 0. The van der Waals surface area contributed by atoms with E-state index in [9.17, 15) is 13.6 Å². The van der Waals surface area contributed by atoms with Gasteiger partial charge in [-0.3, -0.25) is 4.79 Å². The third kappa shape index (κ3) is 5.01. The molecule has 0 rings (SSSR count). The normalized spacial score (nSPS) is 13.8. The van der Waals surface area contributed by atoms with Crippen LogP contribution in [0.15, 0.2) is 0 Å². The maximum absolute atomic E-state index is 12.1. The lowest BCUT2D eigenvalue weighted by Gasteiger charge is -2.18. The Morgan fingerprint density at radius 2 is 2.00 bits per heavy atom. The predicted molar refractivity (Wildman–Crippen MR) is 40.3 cm³/mol. The van der Waals surface area contributed by atoms with Gasteiger partial charge >= 0.3 is 5.97 Å². The number of nitrogens with zero attached hydrogens (tertiary/aromatic N) is 1. The van der Waals surface area contributed by atoms with Crippen LogP contribution < -0.4 is 0 Å². The Balaban J connectivity index is 3.95.